The second-order valence-electron chi connectivity index (χ2n) is 6.42. The average molecular weight is 336 g/mol. The Balaban J connectivity index is 1.45. The molecular weight excluding hydrogens is 316 g/mol. The first-order chi connectivity index (χ1) is 12.3. The van der Waals surface area contributed by atoms with Gasteiger partial charge in [0.25, 0.3) is 5.89 Å². The van der Waals surface area contributed by atoms with Crippen LogP contribution in [0.15, 0.2) is 53.2 Å². The Kier molecular flexibility index (Phi) is 4.43. The number of phenolic OH excluding ortho intramolecular Hbond substituents is 1. The lowest BCUT2D eigenvalue weighted by atomic mass is 9.97. The Morgan fingerprint density at radius 3 is 3.00 bits per heavy atom. The number of benzene rings is 1. The molecule has 1 N–H and O–H groups in total. The van der Waals surface area contributed by atoms with Crippen LogP contribution < -0.4 is 0 Å². The number of rotatable bonds is 4. The van der Waals surface area contributed by atoms with Gasteiger partial charge in [-0.2, -0.15) is 4.98 Å². The molecule has 1 aliphatic heterocycles. The fourth-order valence-electron chi connectivity index (χ4n) is 3.32. The van der Waals surface area contributed by atoms with Crippen molar-refractivity contribution in [3.05, 3.63) is 60.0 Å². The number of pyridine rings is 1. The van der Waals surface area contributed by atoms with Crippen LogP contribution in [0.25, 0.3) is 11.6 Å². The fourth-order valence-corrected chi connectivity index (χ4v) is 3.32. The van der Waals surface area contributed by atoms with Crippen molar-refractivity contribution in [3.8, 4) is 17.3 Å². The standard InChI is InChI=1S/C19H20N4O2/c24-16-7-3-5-14(11-16)12-23-10-4-6-15(13-23)18-21-19(25-22-18)17-8-1-2-9-20-17/h1-3,5,7-9,11,15,24H,4,6,10,12-13H2/t15-/m0/s1. The van der Waals surface area contributed by atoms with Crippen LogP contribution in [-0.2, 0) is 6.54 Å². The summed E-state index contributed by atoms with van der Waals surface area (Å²) in [5.74, 6) is 1.79. The molecule has 2 aromatic heterocycles. The molecule has 1 saturated heterocycles. The van der Waals surface area contributed by atoms with Gasteiger partial charge < -0.3 is 9.63 Å². The van der Waals surface area contributed by atoms with Crippen LogP contribution in [0.1, 0.15) is 30.1 Å². The molecule has 0 amide bonds. The van der Waals surface area contributed by atoms with E-state index in [2.05, 4.69) is 20.0 Å². The summed E-state index contributed by atoms with van der Waals surface area (Å²) < 4.78 is 5.40. The highest BCUT2D eigenvalue weighted by atomic mass is 16.5. The number of aromatic hydroxyl groups is 1. The summed E-state index contributed by atoms with van der Waals surface area (Å²) in [5.41, 5.74) is 1.82. The quantitative estimate of drug-likeness (QED) is 0.788. The van der Waals surface area contributed by atoms with E-state index < -0.39 is 0 Å². The highest BCUT2D eigenvalue weighted by Gasteiger charge is 2.26. The molecule has 0 spiro atoms. The van der Waals surface area contributed by atoms with E-state index in [1.54, 1.807) is 12.3 Å². The first-order valence-electron chi connectivity index (χ1n) is 8.53. The van der Waals surface area contributed by atoms with Gasteiger partial charge in [-0.05, 0) is 49.2 Å². The first-order valence-corrected chi connectivity index (χ1v) is 8.53. The van der Waals surface area contributed by atoms with Gasteiger partial charge in [0.1, 0.15) is 11.4 Å². The van der Waals surface area contributed by atoms with Crippen molar-refractivity contribution in [2.24, 2.45) is 0 Å². The molecule has 1 fully saturated rings. The van der Waals surface area contributed by atoms with Gasteiger partial charge in [0.15, 0.2) is 5.82 Å². The Hall–Kier alpha value is -2.73. The summed E-state index contributed by atoms with van der Waals surface area (Å²) in [4.78, 5) is 11.2. The zero-order valence-electron chi connectivity index (χ0n) is 13.9. The van der Waals surface area contributed by atoms with Gasteiger partial charge in [0.2, 0.25) is 0 Å². The van der Waals surface area contributed by atoms with E-state index >= 15 is 0 Å². The van der Waals surface area contributed by atoms with Gasteiger partial charge in [-0.15, -0.1) is 0 Å². The molecule has 1 aliphatic rings. The minimum absolute atomic E-state index is 0.257. The van der Waals surface area contributed by atoms with E-state index in [0.29, 0.717) is 17.3 Å². The van der Waals surface area contributed by atoms with Gasteiger partial charge in [-0.3, -0.25) is 9.88 Å². The Labute approximate surface area is 146 Å². The number of likely N-dealkylation sites (tertiary alicyclic amines) is 1. The SMILES string of the molecule is Oc1cccc(CN2CCC[C@H](c3noc(-c4ccccn4)n3)C2)c1. The number of piperidine rings is 1. The molecule has 0 unspecified atom stereocenters. The zero-order chi connectivity index (χ0) is 17.1. The van der Waals surface area contributed by atoms with Gasteiger partial charge in [0, 0.05) is 25.2 Å². The third-order valence-corrected chi connectivity index (χ3v) is 4.51. The Morgan fingerprint density at radius 1 is 1.20 bits per heavy atom. The van der Waals surface area contributed by atoms with Crippen molar-refractivity contribution in [1.29, 1.82) is 0 Å². The topological polar surface area (TPSA) is 75.3 Å². The maximum Gasteiger partial charge on any atom is 0.276 e. The molecule has 6 nitrogen and oxygen atoms in total. The normalized spacial score (nSPS) is 18.3. The van der Waals surface area contributed by atoms with Crippen LogP contribution >= 0.6 is 0 Å². The molecule has 128 valence electrons. The molecule has 3 aromatic rings. The Morgan fingerprint density at radius 2 is 2.16 bits per heavy atom. The van der Waals surface area contributed by atoms with Crippen molar-refractivity contribution in [1.82, 2.24) is 20.0 Å². The lowest BCUT2D eigenvalue weighted by Gasteiger charge is -2.31. The summed E-state index contributed by atoms with van der Waals surface area (Å²) in [6, 6.07) is 13.1. The third-order valence-electron chi connectivity index (χ3n) is 4.51. The predicted octanol–water partition coefficient (Wildman–Crippen LogP) is 3.22. The molecule has 0 aliphatic carbocycles. The number of hydrogen-bond acceptors (Lipinski definition) is 6. The van der Waals surface area contributed by atoms with Crippen molar-refractivity contribution in [2.75, 3.05) is 13.1 Å². The van der Waals surface area contributed by atoms with Crippen LogP contribution in [0, 0.1) is 0 Å². The summed E-state index contributed by atoms with van der Waals surface area (Å²) in [6.45, 7) is 2.74. The van der Waals surface area contributed by atoms with Gasteiger partial charge >= 0.3 is 0 Å². The summed E-state index contributed by atoms with van der Waals surface area (Å²) in [5, 5.41) is 13.8. The fraction of sp³-hybridized carbons (Fsp3) is 0.316. The van der Waals surface area contributed by atoms with E-state index in [-0.39, 0.29) is 5.92 Å². The van der Waals surface area contributed by atoms with E-state index in [9.17, 15) is 5.11 Å². The minimum Gasteiger partial charge on any atom is -0.508 e. The molecule has 25 heavy (non-hydrogen) atoms. The maximum atomic E-state index is 9.63. The van der Waals surface area contributed by atoms with Crippen LogP contribution in [0.3, 0.4) is 0 Å². The van der Waals surface area contributed by atoms with Crippen LogP contribution in [0.2, 0.25) is 0 Å². The molecule has 1 aromatic carbocycles. The predicted molar refractivity (Wildman–Crippen MR) is 92.9 cm³/mol. The highest BCUT2D eigenvalue weighted by Crippen LogP contribution is 2.27. The lowest BCUT2D eigenvalue weighted by Crippen LogP contribution is -2.34. The summed E-state index contributed by atoms with van der Waals surface area (Å²) in [7, 11) is 0. The lowest BCUT2D eigenvalue weighted by molar-refractivity contribution is 0.194. The van der Waals surface area contributed by atoms with E-state index in [0.717, 1.165) is 43.9 Å². The average Bonchev–Trinajstić information content (AvgIpc) is 3.13. The zero-order valence-corrected chi connectivity index (χ0v) is 13.9. The van der Waals surface area contributed by atoms with E-state index in [4.69, 9.17) is 4.52 Å². The summed E-state index contributed by atoms with van der Waals surface area (Å²) in [6.07, 6.45) is 3.87. The van der Waals surface area contributed by atoms with Crippen LogP contribution in [0.5, 0.6) is 5.75 Å². The Bertz CT molecular complexity index is 834. The smallest absolute Gasteiger partial charge is 0.276 e. The van der Waals surface area contributed by atoms with Crippen molar-refractivity contribution >= 4 is 0 Å². The molecule has 6 heteroatoms. The van der Waals surface area contributed by atoms with Crippen molar-refractivity contribution in [3.63, 3.8) is 0 Å². The van der Waals surface area contributed by atoms with E-state index in [1.807, 2.05) is 36.4 Å². The third kappa shape index (κ3) is 3.69. The molecule has 3 heterocycles. The van der Waals surface area contributed by atoms with Gasteiger partial charge in [-0.25, -0.2) is 0 Å². The van der Waals surface area contributed by atoms with Crippen LogP contribution in [-0.4, -0.2) is 38.2 Å². The summed E-state index contributed by atoms with van der Waals surface area (Å²) >= 11 is 0. The van der Waals surface area contributed by atoms with Crippen LogP contribution in [0.4, 0.5) is 0 Å². The first kappa shape index (κ1) is 15.8. The largest absolute Gasteiger partial charge is 0.508 e. The van der Waals surface area contributed by atoms with Crippen molar-refractivity contribution in [2.45, 2.75) is 25.3 Å². The molecule has 0 radical (unpaired) electrons. The molecule has 0 bridgehead atoms. The van der Waals surface area contributed by atoms with Gasteiger partial charge in [0.05, 0.1) is 0 Å². The highest BCUT2D eigenvalue weighted by molar-refractivity contribution is 5.45. The second kappa shape index (κ2) is 7.03. The maximum absolute atomic E-state index is 9.63. The number of nitrogens with zero attached hydrogens (tertiary/aromatic N) is 4. The molecule has 1 atom stereocenters. The molecular formula is C19H20N4O2. The van der Waals surface area contributed by atoms with E-state index in [1.165, 1.54) is 0 Å². The second-order valence-corrected chi connectivity index (χ2v) is 6.42. The monoisotopic (exact) mass is 336 g/mol. The number of hydrogen-bond donors (Lipinski definition) is 1. The molecule has 0 saturated carbocycles. The molecule has 4 rings (SSSR count). The van der Waals surface area contributed by atoms with Crippen molar-refractivity contribution < 1.29 is 9.63 Å². The number of aromatic nitrogens is 3. The minimum atomic E-state index is 0.257. The van der Waals surface area contributed by atoms with Gasteiger partial charge in [-0.1, -0.05) is 23.4 Å². The number of phenols is 1.